The van der Waals surface area contributed by atoms with E-state index in [0.717, 1.165) is 34.2 Å². The van der Waals surface area contributed by atoms with E-state index in [1.807, 2.05) is 32.2 Å². The van der Waals surface area contributed by atoms with E-state index in [-0.39, 0.29) is 0 Å². The molecule has 3 heterocycles. The van der Waals surface area contributed by atoms with E-state index in [9.17, 15) is 0 Å². The molecule has 0 aliphatic heterocycles. The van der Waals surface area contributed by atoms with Crippen LogP contribution in [0.1, 0.15) is 40.5 Å². The summed E-state index contributed by atoms with van der Waals surface area (Å²) in [6.45, 7) is 2.08. The van der Waals surface area contributed by atoms with Crippen molar-refractivity contribution in [1.82, 2.24) is 29.3 Å². The molecular formula is C22H34N6O6. The molecule has 12 heteroatoms. The van der Waals surface area contributed by atoms with Crippen LogP contribution in [-0.4, -0.2) is 72.0 Å². The monoisotopic (exact) mass is 478 g/mol. The normalized spacial score (nSPS) is 11.7. The predicted molar refractivity (Wildman–Crippen MR) is 121 cm³/mol. The van der Waals surface area contributed by atoms with Crippen molar-refractivity contribution in [2.75, 3.05) is 42.7 Å². The summed E-state index contributed by atoms with van der Waals surface area (Å²) >= 11 is 0. The third-order valence-electron chi connectivity index (χ3n) is 5.00. The summed E-state index contributed by atoms with van der Waals surface area (Å²) < 4.78 is 37.9. The van der Waals surface area contributed by atoms with Gasteiger partial charge in [0.25, 0.3) is 0 Å². The lowest BCUT2D eigenvalue weighted by atomic mass is 10.3. The largest absolute Gasteiger partial charge is 0.378 e. The third-order valence-corrected chi connectivity index (χ3v) is 5.00. The third kappa shape index (κ3) is 5.90. The fourth-order valence-electron chi connectivity index (χ4n) is 3.80. The minimum atomic E-state index is -0.609. The first kappa shape index (κ1) is 26.0. The van der Waals surface area contributed by atoms with Crippen LogP contribution in [-0.2, 0) is 68.1 Å². The molecule has 3 aromatic heterocycles. The summed E-state index contributed by atoms with van der Waals surface area (Å²) in [5, 5.41) is 14.5. The first-order valence-electron chi connectivity index (χ1n) is 10.8. The molecule has 0 saturated heterocycles. The highest BCUT2D eigenvalue weighted by molar-refractivity contribution is 5.16. The van der Waals surface area contributed by atoms with E-state index in [1.54, 1.807) is 42.7 Å². The standard InChI is InChI=1S/C22H34N6O6/c1-29-10-16-7-19(13-32-4)26(23-16)22(27-20(14-33-5)8-17(24-27)11-30-2)28-21(15-34-6)9-18(25-28)12-31-3/h7-9,22H,10-15H2,1-6H3. The zero-order valence-corrected chi connectivity index (χ0v) is 20.7. The van der Waals surface area contributed by atoms with Gasteiger partial charge in [0.05, 0.1) is 73.8 Å². The van der Waals surface area contributed by atoms with Gasteiger partial charge in [0.1, 0.15) is 0 Å². The lowest BCUT2D eigenvalue weighted by Crippen LogP contribution is -2.33. The molecule has 0 radical (unpaired) electrons. The van der Waals surface area contributed by atoms with Gasteiger partial charge in [0, 0.05) is 42.7 Å². The molecule has 0 unspecified atom stereocenters. The van der Waals surface area contributed by atoms with E-state index in [4.69, 9.17) is 43.7 Å². The van der Waals surface area contributed by atoms with E-state index >= 15 is 0 Å². The predicted octanol–water partition coefficient (Wildman–Crippen LogP) is 1.71. The second-order valence-corrected chi connectivity index (χ2v) is 7.66. The summed E-state index contributed by atoms with van der Waals surface area (Å²) in [5.74, 6) is 0. The molecule has 3 aromatic rings. The molecule has 0 fully saturated rings. The molecule has 0 aliphatic carbocycles. The van der Waals surface area contributed by atoms with Crippen molar-refractivity contribution in [2.24, 2.45) is 0 Å². The molecule has 0 saturated carbocycles. The van der Waals surface area contributed by atoms with Crippen LogP contribution in [0.4, 0.5) is 0 Å². The molecule has 0 aromatic carbocycles. The van der Waals surface area contributed by atoms with E-state index in [1.165, 1.54) is 0 Å². The first-order chi connectivity index (χ1) is 16.6. The van der Waals surface area contributed by atoms with Gasteiger partial charge < -0.3 is 28.4 Å². The molecule has 34 heavy (non-hydrogen) atoms. The fraction of sp³-hybridized carbons (Fsp3) is 0.591. The average Bonchev–Trinajstić information content (AvgIpc) is 3.50. The lowest BCUT2D eigenvalue weighted by Gasteiger charge is -2.24. The number of hydrogen-bond donors (Lipinski definition) is 0. The van der Waals surface area contributed by atoms with E-state index < -0.39 is 6.29 Å². The van der Waals surface area contributed by atoms with Gasteiger partial charge in [-0.15, -0.1) is 0 Å². The zero-order valence-electron chi connectivity index (χ0n) is 20.7. The number of methoxy groups -OCH3 is 6. The zero-order chi connectivity index (χ0) is 24.5. The Kier molecular flexibility index (Phi) is 9.74. The minimum absolute atomic E-state index is 0.338. The average molecular weight is 479 g/mol. The highest BCUT2D eigenvalue weighted by Crippen LogP contribution is 2.24. The minimum Gasteiger partial charge on any atom is -0.378 e. The molecule has 12 nitrogen and oxygen atoms in total. The van der Waals surface area contributed by atoms with Gasteiger partial charge in [-0.05, 0) is 18.2 Å². The van der Waals surface area contributed by atoms with Crippen LogP contribution in [0.3, 0.4) is 0 Å². The number of nitrogens with zero attached hydrogens (tertiary/aromatic N) is 6. The Morgan fingerprint density at radius 1 is 0.500 bits per heavy atom. The van der Waals surface area contributed by atoms with Crippen molar-refractivity contribution in [3.8, 4) is 0 Å². The maximum absolute atomic E-state index is 5.47. The van der Waals surface area contributed by atoms with E-state index in [0.29, 0.717) is 39.6 Å². The van der Waals surface area contributed by atoms with Crippen LogP contribution in [0.2, 0.25) is 0 Å². The van der Waals surface area contributed by atoms with Crippen LogP contribution in [0, 0.1) is 0 Å². The Morgan fingerprint density at radius 3 is 1.00 bits per heavy atom. The summed E-state index contributed by atoms with van der Waals surface area (Å²) in [6, 6.07) is 5.85. The summed E-state index contributed by atoms with van der Waals surface area (Å²) in [4.78, 5) is 0. The molecule has 0 atom stereocenters. The van der Waals surface area contributed by atoms with Gasteiger partial charge in [-0.1, -0.05) is 0 Å². The summed E-state index contributed by atoms with van der Waals surface area (Å²) in [6.07, 6.45) is -0.609. The van der Waals surface area contributed by atoms with Gasteiger partial charge in [0.2, 0.25) is 6.29 Å². The number of ether oxygens (including phenoxy) is 6. The second-order valence-electron chi connectivity index (χ2n) is 7.66. The molecule has 0 amide bonds. The van der Waals surface area contributed by atoms with Crippen LogP contribution in [0.25, 0.3) is 0 Å². The van der Waals surface area contributed by atoms with Crippen molar-refractivity contribution >= 4 is 0 Å². The topological polar surface area (TPSA) is 109 Å². The quantitative estimate of drug-likeness (QED) is 0.322. The molecule has 0 bridgehead atoms. The highest BCUT2D eigenvalue weighted by Gasteiger charge is 2.28. The maximum Gasteiger partial charge on any atom is 0.239 e. The smallest absolute Gasteiger partial charge is 0.239 e. The Balaban J connectivity index is 2.26. The second kappa shape index (κ2) is 12.7. The maximum atomic E-state index is 5.47. The van der Waals surface area contributed by atoms with Crippen LogP contribution in [0.15, 0.2) is 18.2 Å². The van der Waals surface area contributed by atoms with Gasteiger partial charge >= 0.3 is 0 Å². The van der Waals surface area contributed by atoms with Gasteiger partial charge in [-0.3, -0.25) is 0 Å². The molecule has 0 N–H and O–H groups in total. The Labute approximate surface area is 199 Å². The first-order valence-corrected chi connectivity index (χ1v) is 10.8. The van der Waals surface area contributed by atoms with Crippen molar-refractivity contribution in [3.63, 3.8) is 0 Å². The van der Waals surface area contributed by atoms with Crippen LogP contribution >= 0.6 is 0 Å². The van der Waals surface area contributed by atoms with Gasteiger partial charge in [-0.2, -0.15) is 15.3 Å². The molecule has 0 spiro atoms. The fourth-order valence-corrected chi connectivity index (χ4v) is 3.80. The number of rotatable bonds is 15. The SMILES string of the molecule is COCc1cc(COC)n(C(n2nc(COC)cc2COC)n2nc(COC)cc2COC)n1. The highest BCUT2D eigenvalue weighted by atomic mass is 16.5. The molecule has 0 aliphatic rings. The van der Waals surface area contributed by atoms with Gasteiger partial charge in [0.15, 0.2) is 0 Å². The number of hydrogen-bond acceptors (Lipinski definition) is 9. The Bertz CT molecular complexity index is 900. The van der Waals surface area contributed by atoms with Crippen molar-refractivity contribution in [1.29, 1.82) is 0 Å². The molecule has 188 valence electrons. The Hall–Kier alpha value is -2.61. The van der Waals surface area contributed by atoms with Crippen molar-refractivity contribution in [2.45, 2.75) is 45.9 Å². The van der Waals surface area contributed by atoms with Crippen molar-refractivity contribution in [3.05, 3.63) is 52.4 Å². The van der Waals surface area contributed by atoms with E-state index in [2.05, 4.69) is 0 Å². The Morgan fingerprint density at radius 2 is 0.765 bits per heavy atom. The van der Waals surface area contributed by atoms with Crippen LogP contribution in [0.5, 0.6) is 0 Å². The number of aromatic nitrogens is 6. The summed E-state index contributed by atoms with van der Waals surface area (Å²) in [7, 11) is 9.83. The summed E-state index contributed by atoms with van der Waals surface area (Å²) in [5.41, 5.74) is 4.77. The molecular weight excluding hydrogens is 444 g/mol. The lowest BCUT2D eigenvalue weighted by molar-refractivity contribution is 0.140. The van der Waals surface area contributed by atoms with Crippen LogP contribution < -0.4 is 0 Å². The van der Waals surface area contributed by atoms with Gasteiger partial charge in [-0.25, -0.2) is 14.0 Å². The van der Waals surface area contributed by atoms with Crippen molar-refractivity contribution < 1.29 is 28.4 Å². The molecule has 3 rings (SSSR count).